The van der Waals surface area contributed by atoms with Gasteiger partial charge in [0.15, 0.2) is 8.32 Å². The van der Waals surface area contributed by atoms with Gasteiger partial charge in [-0.05, 0) is 43.8 Å². The molecule has 0 saturated heterocycles. The molecular formula is C12H19BrOSi. The molecular weight excluding hydrogens is 268 g/mol. The van der Waals surface area contributed by atoms with Gasteiger partial charge in [-0.2, -0.15) is 0 Å². The maximum absolute atomic E-state index is 6.15. The van der Waals surface area contributed by atoms with Crippen LogP contribution < -0.4 is 0 Å². The summed E-state index contributed by atoms with van der Waals surface area (Å²) in [6.45, 7) is 8.86. The zero-order valence-corrected chi connectivity index (χ0v) is 12.5. The quantitative estimate of drug-likeness (QED) is 0.726. The van der Waals surface area contributed by atoms with Crippen LogP contribution in [0.2, 0.25) is 19.6 Å². The van der Waals surface area contributed by atoms with E-state index >= 15 is 0 Å². The number of hydrogen-bond acceptors (Lipinski definition) is 1. The summed E-state index contributed by atoms with van der Waals surface area (Å²) in [5.41, 5.74) is 1.27. The van der Waals surface area contributed by atoms with Gasteiger partial charge in [0, 0.05) is 4.47 Å². The van der Waals surface area contributed by atoms with Gasteiger partial charge >= 0.3 is 0 Å². The summed E-state index contributed by atoms with van der Waals surface area (Å²) < 4.78 is 7.27. The molecule has 1 rings (SSSR count). The molecule has 0 aliphatic heterocycles. The van der Waals surface area contributed by atoms with E-state index in [4.69, 9.17) is 4.43 Å². The van der Waals surface area contributed by atoms with Crippen molar-refractivity contribution in [3.63, 3.8) is 0 Å². The predicted molar refractivity (Wildman–Crippen MR) is 71.6 cm³/mol. The van der Waals surface area contributed by atoms with Gasteiger partial charge in [0.05, 0.1) is 6.10 Å². The van der Waals surface area contributed by atoms with Gasteiger partial charge in [-0.15, -0.1) is 0 Å². The zero-order valence-electron chi connectivity index (χ0n) is 9.88. The molecule has 1 unspecified atom stereocenters. The Morgan fingerprint density at radius 3 is 2.47 bits per heavy atom. The molecule has 1 atom stereocenters. The van der Waals surface area contributed by atoms with Gasteiger partial charge in [-0.25, -0.2) is 0 Å². The predicted octanol–water partition coefficient (Wildman–Crippen LogP) is 4.75. The third-order valence-corrected chi connectivity index (χ3v) is 3.57. The Bertz CT molecular complexity index is 320. The van der Waals surface area contributed by atoms with Crippen molar-refractivity contribution in [3.05, 3.63) is 34.3 Å². The number of benzene rings is 1. The summed E-state index contributed by atoms with van der Waals surface area (Å²) in [5.74, 6) is 0. The molecule has 0 aromatic heterocycles. The SMILES string of the molecule is CCC(O[Si](C)(C)C)c1cccc(Br)c1. The molecule has 84 valence electrons. The van der Waals surface area contributed by atoms with Gasteiger partial charge in [-0.3, -0.25) is 0 Å². The molecule has 0 spiro atoms. The lowest BCUT2D eigenvalue weighted by Crippen LogP contribution is -2.27. The molecule has 15 heavy (non-hydrogen) atoms. The highest BCUT2D eigenvalue weighted by molar-refractivity contribution is 9.10. The van der Waals surface area contributed by atoms with Crippen LogP contribution >= 0.6 is 15.9 Å². The second-order valence-corrected chi connectivity index (χ2v) is 10.1. The van der Waals surface area contributed by atoms with Crippen molar-refractivity contribution in [2.24, 2.45) is 0 Å². The Morgan fingerprint density at radius 1 is 1.33 bits per heavy atom. The van der Waals surface area contributed by atoms with Crippen molar-refractivity contribution in [2.45, 2.75) is 39.1 Å². The fourth-order valence-electron chi connectivity index (χ4n) is 1.52. The summed E-state index contributed by atoms with van der Waals surface area (Å²) in [6, 6.07) is 8.40. The van der Waals surface area contributed by atoms with Gasteiger partial charge in [-0.1, -0.05) is 35.0 Å². The minimum atomic E-state index is -1.46. The smallest absolute Gasteiger partial charge is 0.184 e. The van der Waals surface area contributed by atoms with E-state index in [-0.39, 0.29) is 6.10 Å². The largest absolute Gasteiger partial charge is 0.411 e. The first-order valence-electron chi connectivity index (χ1n) is 5.35. The second-order valence-electron chi connectivity index (χ2n) is 4.68. The Kier molecular flexibility index (Phi) is 4.56. The first-order chi connectivity index (χ1) is 6.92. The van der Waals surface area contributed by atoms with Gasteiger partial charge < -0.3 is 4.43 Å². The maximum Gasteiger partial charge on any atom is 0.184 e. The van der Waals surface area contributed by atoms with E-state index in [2.05, 4.69) is 60.7 Å². The minimum Gasteiger partial charge on any atom is -0.411 e. The monoisotopic (exact) mass is 286 g/mol. The van der Waals surface area contributed by atoms with Crippen molar-refractivity contribution < 1.29 is 4.43 Å². The van der Waals surface area contributed by atoms with E-state index in [1.54, 1.807) is 0 Å². The highest BCUT2D eigenvalue weighted by Crippen LogP contribution is 2.27. The van der Waals surface area contributed by atoms with Crippen LogP contribution in [0.25, 0.3) is 0 Å². The van der Waals surface area contributed by atoms with Crippen LogP contribution in [0.15, 0.2) is 28.7 Å². The number of rotatable bonds is 4. The van der Waals surface area contributed by atoms with Gasteiger partial charge in [0.2, 0.25) is 0 Å². The Morgan fingerprint density at radius 2 is 2.00 bits per heavy atom. The molecule has 3 heteroatoms. The average molecular weight is 287 g/mol. The molecule has 0 N–H and O–H groups in total. The van der Waals surface area contributed by atoms with E-state index in [0.29, 0.717) is 0 Å². The first kappa shape index (κ1) is 12.9. The molecule has 0 amide bonds. The van der Waals surface area contributed by atoms with E-state index in [0.717, 1.165) is 10.9 Å². The van der Waals surface area contributed by atoms with Gasteiger partial charge in [0.1, 0.15) is 0 Å². The van der Waals surface area contributed by atoms with Crippen LogP contribution in [0.3, 0.4) is 0 Å². The third-order valence-electron chi connectivity index (χ3n) is 2.09. The van der Waals surface area contributed by atoms with E-state index < -0.39 is 8.32 Å². The molecule has 0 aliphatic carbocycles. The molecule has 1 aromatic rings. The molecule has 0 heterocycles. The van der Waals surface area contributed by atoms with E-state index in [1.165, 1.54) is 5.56 Å². The van der Waals surface area contributed by atoms with Gasteiger partial charge in [0.25, 0.3) is 0 Å². The second kappa shape index (κ2) is 5.28. The standard InChI is InChI=1S/C12H19BrOSi/c1-5-12(14-15(2,3)4)10-7-6-8-11(13)9-10/h6-9,12H,5H2,1-4H3. The highest BCUT2D eigenvalue weighted by Gasteiger charge is 2.21. The summed E-state index contributed by atoms with van der Waals surface area (Å²) in [7, 11) is -1.46. The van der Waals surface area contributed by atoms with Crippen molar-refractivity contribution in [3.8, 4) is 0 Å². The van der Waals surface area contributed by atoms with Crippen LogP contribution in [0.4, 0.5) is 0 Å². The Labute approximate surface area is 102 Å². The Hall–Kier alpha value is -0.123. The minimum absolute atomic E-state index is 0.245. The summed E-state index contributed by atoms with van der Waals surface area (Å²) in [4.78, 5) is 0. The fourth-order valence-corrected chi connectivity index (χ4v) is 3.09. The maximum atomic E-state index is 6.15. The van der Waals surface area contributed by atoms with Crippen LogP contribution in [0.5, 0.6) is 0 Å². The molecule has 0 saturated carbocycles. The van der Waals surface area contributed by atoms with Crippen molar-refractivity contribution in [1.82, 2.24) is 0 Å². The van der Waals surface area contributed by atoms with Crippen LogP contribution in [0, 0.1) is 0 Å². The van der Waals surface area contributed by atoms with Crippen molar-refractivity contribution >= 4 is 24.2 Å². The average Bonchev–Trinajstić information content (AvgIpc) is 2.13. The zero-order chi connectivity index (χ0) is 11.5. The summed E-state index contributed by atoms with van der Waals surface area (Å²) >= 11 is 3.50. The molecule has 0 aliphatic rings. The highest BCUT2D eigenvalue weighted by atomic mass is 79.9. The third kappa shape index (κ3) is 4.49. The topological polar surface area (TPSA) is 9.23 Å². The van der Waals surface area contributed by atoms with Crippen LogP contribution in [0.1, 0.15) is 25.0 Å². The summed E-state index contributed by atoms with van der Waals surface area (Å²) in [6.07, 6.45) is 1.27. The van der Waals surface area contributed by atoms with Crippen molar-refractivity contribution in [2.75, 3.05) is 0 Å². The number of hydrogen-bond donors (Lipinski definition) is 0. The first-order valence-corrected chi connectivity index (χ1v) is 9.56. The lowest BCUT2D eigenvalue weighted by atomic mass is 10.1. The van der Waals surface area contributed by atoms with E-state index in [9.17, 15) is 0 Å². The Balaban J connectivity index is 2.83. The molecule has 1 aromatic carbocycles. The van der Waals surface area contributed by atoms with Crippen LogP contribution in [-0.2, 0) is 4.43 Å². The molecule has 1 nitrogen and oxygen atoms in total. The lowest BCUT2D eigenvalue weighted by Gasteiger charge is -2.26. The molecule has 0 fully saturated rings. The number of halogens is 1. The van der Waals surface area contributed by atoms with Crippen LogP contribution in [-0.4, -0.2) is 8.32 Å². The van der Waals surface area contributed by atoms with E-state index in [1.807, 2.05) is 6.07 Å². The summed E-state index contributed by atoms with van der Waals surface area (Å²) in [5, 5.41) is 0. The normalized spacial score (nSPS) is 13.9. The fraction of sp³-hybridized carbons (Fsp3) is 0.500. The van der Waals surface area contributed by atoms with Crippen molar-refractivity contribution in [1.29, 1.82) is 0 Å². The lowest BCUT2D eigenvalue weighted by molar-refractivity contribution is 0.193. The molecule has 0 radical (unpaired) electrons. The molecule has 0 bridgehead atoms.